The number of hydrogen-bond acceptors (Lipinski definition) is 4. The Morgan fingerprint density at radius 1 is 1.17 bits per heavy atom. The van der Waals surface area contributed by atoms with Crippen molar-refractivity contribution in [1.29, 1.82) is 0 Å². The molecule has 0 saturated heterocycles. The molecule has 0 aromatic heterocycles. The highest BCUT2D eigenvalue weighted by molar-refractivity contribution is 5.67. The van der Waals surface area contributed by atoms with E-state index in [1.807, 2.05) is 39.0 Å². The van der Waals surface area contributed by atoms with E-state index in [0.717, 1.165) is 16.6 Å². The van der Waals surface area contributed by atoms with Crippen LogP contribution in [-0.4, -0.2) is 57.6 Å². The second-order valence-electron chi connectivity index (χ2n) is 7.70. The number of benzene rings is 1. The van der Waals surface area contributed by atoms with Gasteiger partial charge in [-0.1, -0.05) is 6.07 Å². The lowest BCUT2D eigenvalue weighted by Crippen LogP contribution is -2.38. The van der Waals surface area contributed by atoms with E-state index in [1.165, 1.54) is 0 Å². The summed E-state index contributed by atoms with van der Waals surface area (Å²) in [7, 11) is 7.96. The Hall–Kier alpha value is -1.95. The Balaban J connectivity index is 2.61. The van der Waals surface area contributed by atoms with Crippen molar-refractivity contribution < 1.29 is 23.5 Å². The first-order valence-corrected chi connectivity index (χ1v) is 8.07. The Labute approximate surface area is 145 Å². The van der Waals surface area contributed by atoms with E-state index in [-0.39, 0.29) is 0 Å². The molecular weight excluding hydrogens is 308 g/mol. The maximum absolute atomic E-state index is 11.7. The molecule has 0 aliphatic rings. The van der Waals surface area contributed by atoms with Crippen LogP contribution in [0.4, 0.5) is 4.79 Å². The van der Waals surface area contributed by atoms with Gasteiger partial charge in [0, 0.05) is 6.54 Å². The lowest BCUT2D eigenvalue weighted by Gasteiger charge is -2.24. The van der Waals surface area contributed by atoms with Gasteiger partial charge in [-0.25, -0.2) is 4.79 Å². The summed E-state index contributed by atoms with van der Waals surface area (Å²) in [5.74, 6) is 1.35. The van der Waals surface area contributed by atoms with E-state index in [0.29, 0.717) is 24.7 Å². The van der Waals surface area contributed by atoms with Gasteiger partial charge in [0.15, 0.2) is 11.5 Å². The molecule has 1 rings (SSSR count). The number of methoxy groups -OCH3 is 1. The maximum Gasteiger partial charge on any atom is 0.407 e. The number of carbonyl (C=O) groups excluding carboxylic acids is 1. The first-order chi connectivity index (χ1) is 11.0. The molecule has 1 amide bonds. The topological polar surface area (TPSA) is 56.8 Å². The van der Waals surface area contributed by atoms with Crippen molar-refractivity contribution in [2.45, 2.75) is 32.9 Å². The second kappa shape index (κ2) is 8.24. The van der Waals surface area contributed by atoms with Crippen LogP contribution < -0.4 is 14.8 Å². The SMILES string of the molecule is COc1cc(CNC(=O)OC(C)(C)C)ccc1OCC[N+](C)(C)C. The van der Waals surface area contributed by atoms with Crippen molar-refractivity contribution in [3.63, 3.8) is 0 Å². The number of nitrogens with zero attached hydrogens (tertiary/aromatic N) is 1. The van der Waals surface area contributed by atoms with Crippen LogP contribution >= 0.6 is 0 Å². The third-order valence-electron chi connectivity index (χ3n) is 3.08. The van der Waals surface area contributed by atoms with Gasteiger partial charge >= 0.3 is 6.09 Å². The zero-order valence-corrected chi connectivity index (χ0v) is 15.9. The number of amides is 1. The molecule has 0 bridgehead atoms. The molecule has 0 spiro atoms. The van der Waals surface area contributed by atoms with Gasteiger partial charge in [0.2, 0.25) is 0 Å². The molecule has 0 saturated carbocycles. The van der Waals surface area contributed by atoms with E-state index < -0.39 is 11.7 Å². The minimum atomic E-state index is -0.509. The predicted molar refractivity (Wildman–Crippen MR) is 94.5 cm³/mol. The first-order valence-electron chi connectivity index (χ1n) is 8.07. The quantitative estimate of drug-likeness (QED) is 0.776. The number of hydrogen-bond donors (Lipinski definition) is 1. The van der Waals surface area contributed by atoms with E-state index in [9.17, 15) is 4.79 Å². The fourth-order valence-electron chi connectivity index (χ4n) is 1.86. The first kappa shape index (κ1) is 20.1. The normalized spacial score (nSPS) is 11.8. The highest BCUT2D eigenvalue weighted by Crippen LogP contribution is 2.28. The highest BCUT2D eigenvalue weighted by Gasteiger charge is 2.16. The van der Waals surface area contributed by atoms with Crippen LogP contribution in [0.5, 0.6) is 11.5 Å². The van der Waals surface area contributed by atoms with E-state index in [1.54, 1.807) is 7.11 Å². The summed E-state index contributed by atoms with van der Waals surface area (Å²) in [5, 5.41) is 2.73. The fraction of sp³-hybridized carbons (Fsp3) is 0.611. The summed E-state index contributed by atoms with van der Waals surface area (Å²) in [6.45, 7) is 7.36. The number of alkyl carbamates (subject to hydrolysis) is 1. The van der Waals surface area contributed by atoms with Gasteiger partial charge in [-0.2, -0.15) is 0 Å². The van der Waals surface area contributed by atoms with Gasteiger partial charge in [-0.05, 0) is 38.5 Å². The Kier molecular flexibility index (Phi) is 6.90. The second-order valence-corrected chi connectivity index (χ2v) is 7.70. The number of rotatable bonds is 7. The predicted octanol–water partition coefficient (Wildman–Crippen LogP) is 2.80. The van der Waals surface area contributed by atoms with Crippen molar-refractivity contribution in [3.05, 3.63) is 23.8 Å². The Morgan fingerprint density at radius 3 is 2.38 bits per heavy atom. The van der Waals surface area contributed by atoms with Gasteiger partial charge in [-0.15, -0.1) is 0 Å². The molecule has 0 aliphatic heterocycles. The summed E-state index contributed by atoms with van der Waals surface area (Å²) in [6.07, 6.45) is -0.440. The molecule has 0 aliphatic carbocycles. The molecule has 136 valence electrons. The van der Waals surface area contributed by atoms with Gasteiger partial charge in [0.05, 0.1) is 28.3 Å². The molecule has 0 fully saturated rings. The number of nitrogens with one attached hydrogen (secondary N) is 1. The fourth-order valence-corrected chi connectivity index (χ4v) is 1.86. The maximum atomic E-state index is 11.7. The molecule has 24 heavy (non-hydrogen) atoms. The van der Waals surface area contributed by atoms with Crippen LogP contribution in [0.1, 0.15) is 26.3 Å². The van der Waals surface area contributed by atoms with Crippen LogP contribution in [0.25, 0.3) is 0 Å². The van der Waals surface area contributed by atoms with Gasteiger partial charge in [-0.3, -0.25) is 0 Å². The minimum absolute atomic E-state index is 0.366. The summed E-state index contributed by atoms with van der Waals surface area (Å²) < 4.78 is 17.2. The molecule has 6 heteroatoms. The van der Waals surface area contributed by atoms with Gasteiger partial charge in [0.1, 0.15) is 18.8 Å². The third kappa shape index (κ3) is 8.06. The summed E-state index contributed by atoms with van der Waals surface area (Å²) in [4.78, 5) is 11.7. The van der Waals surface area contributed by atoms with Crippen LogP contribution in [0.3, 0.4) is 0 Å². The molecule has 0 atom stereocenters. The van der Waals surface area contributed by atoms with Crippen molar-refractivity contribution >= 4 is 6.09 Å². The van der Waals surface area contributed by atoms with Crippen molar-refractivity contribution in [2.75, 3.05) is 41.4 Å². The minimum Gasteiger partial charge on any atom is -0.493 e. The Bertz CT molecular complexity index is 545. The Morgan fingerprint density at radius 2 is 1.83 bits per heavy atom. The molecular formula is C18H31N2O4+. The molecule has 6 nitrogen and oxygen atoms in total. The van der Waals surface area contributed by atoms with Crippen LogP contribution in [0, 0.1) is 0 Å². The molecule has 1 N–H and O–H groups in total. The standard InChI is InChI=1S/C18H30N2O4/c1-18(2,3)24-17(21)19-13-14-8-9-15(16(12-14)22-7)23-11-10-20(4,5)6/h8-9,12H,10-11,13H2,1-7H3/p+1. The largest absolute Gasteiger partial charge is 0.493 e. The number of likely N-dealkylation sites (N-methyl/N-ethyl adjacent to an activating group) is 1. The zero-order chi connectivity index (χ0) is 18.4. The van der Waals surface area contributed by atoms with Crippen molar-refractivity contribution in [2.24, 2.45) is 0 Å². The summed E-state index contributed by atoms with van der Waals surface area (Å²) in [5.41, 5.74) is 0.405. The number of quaternary nitrogens is 1. The van der Waals surface area contributed by atoms with Crippen LogP contribution in [-0.2, 0) is 11.3 Å². The summed E-state index contributed by atoms with van der Waals surface area (Å²) in [6, 6.07) is 5.63. The van der Waals surface area contributed by atoms with Crippen molar-refractivity contribution in [1.82, 2.24) is 5.32 Å². The van der Waals surface area contributed by atoms with Crippen LogP contribution in [0.15, 0.2) is 18.2 Å². The van der Waals surface area contributed by atoms with E-state index in [2.05, 4.69) is 26.5 Å². The lowest BCUT2D eigenvalue weighted by atomic mass is 10.2. The molecule has 0 heterocycles. The average Bonchev–Trinajstić information content (AvgIpc) is 2.42. The van der Waals surface area contributed by atoms with Gasteiger partial charge < -0.3 is 24.0 Å². The monoisotopic (exact) mass is 339 g/mol. The van der Waals surface area contributed by atoms with Gasteiger partial charge in [0.25, 0.3) is 0 Å². The molecule has 0 unspecified atom stereocenters. The molecule has 1 aromatic carbocycles. The highest BCUT2D eigenvalue weighted by atomic mass is 16.6. The zero-order valence-electron chi connectivity index (χ0n) is 15.9. The average molecular weight is 339 g/mol. The molecule has 1 aromatic rings. The van der Waals surface area contributed by atoms with E-state index in [4.69, 9.17) is 14.2 Å². The van der Waals surface area contributed by atoms with E-state index >= 15 is 0 Å². The van der Waals surface area contributed by atoms with Crippen molar-refractivity contribution in [3.8, 4) is 11.5 Å². The lowest BCUT2D eigenvalue weighted by molar-refractivity contribution is -0.870. The molecule has 0 radical (unpaired) electrons. The summed E-state index contributed by atoms with van der Waals surface area (Å²) >= 11 is 0. The third-order valence-corrected chi connectivity index (χ3v) is 3.08. The smallest absolute Gasteiger partial charge is 0.407 e. The van der Waals surface area contributed by atoms with Crippen LogP contribution in [0.2, 0.25) is 0 Å². The number of carbonyl (C=O) groups is 1. The number of ether oxygens (including phenoxy) is 3.